The van der Waals surface area contributed by atoms with Crippen molar-refractivity contribution in [1.82, 2.24) is 0 Å². The van der Waals surface area contributed by atoms with Crippen molar-refractivity contribution in [2.45, 2.75) is 177 Å². The number of allylic oxidation sites excluding steroid dienone is 6. The lowest BCUT2D eigenvalue weighted by Crippen LogP contribution is -2.65. The number of hydrogen-bond acceptors (Lipinski definition) is 18. The molecule has 18 heteroatoms. The van der Waals surface area contributed by atoms with Crippen LogP contribution in [0.1, 0.15) is 73.1 Å². The van der Waals surface area contributed by atoms with Gasteiger partial charge in [0, 0.05) is 37.3 Å². The number of nitrogens with zero attached hydrogens (tertiary/aromatic N) is 1. The lowest BCUT2D eigenvalue weighted by atomic mass is 9.84. The Morgan fingerprint density at radius 3 is 2.14 bits per heavy atom. The Balaban J connectivity index is 1.63. The molecule has 1 aliphatic carbocycles. The molecule has 3 fully saturated rings. The van der Waals surface area contributed by atoms with Crippen LogP contribution in [0.4, 0.5) is 0 Å². The maximum absolute atomic E-state index is 11.2. The van der Waals surface area contributed by atoms with E-state index in [9.17, 15) is 35.7 Å². The van der Waals surface area contributed by atoms with Crippen molar-refractivity contribution in [3.63, 3.8) is 0 Å². The molecule has 2 aliphatic heterocycles. The van der Waals surface area contributed by atoms with Crippen LogP contribution in [0.5, 0.6) is 0 Å². The average molecular weight is 804 g/mol. The van der Waals surface area contributed by atoms with Gasteiger partial charge in [0.15, 0.2) is 18.7 Å². The fourth-order valence-corrected chi connectivity index (χ4v) is 6.74. The Labute approximate surface area is 330 Å². The summed E-state index contributed by atoms with van der Waals surface area (Å²) in [7, 11) is 0. The first-order valence-electron chi connectivity index (χ1n) is 19.5. The highest BCUT2D eigenvalue weighted by atomic mass is 17.2. The quantitative estimate of drug-likeness (QED) is 0.0266. The number of hydrogen-bond donors (Lipinski definition) is 11. The maximum atomic E-state index is 11.2. The molecule has 17 unspecified atom stereocenters. The van der Waals surface area contributed by atoms with Crippen LogP contribution in [0.3, 0.4) is 0 Å². The van der Waals surface area contributed by atoms with Gasteiger partial charge in [0.25, 0.3) is 0 Å². The van der Waals surface area contributed by atoms with Gasteiger partial charge in [-0.2, -0.15) is 0 Å². The third-order valence-electron chi connectivity index (χ3n) is 10.3. The Bertz CT molecular complexity index is 1290. The van der Waals surface area contributed by atoms with Gasteiger partial charge in [0.2, 0.25) is 0 Å². The van der Waals surface area contributed by atoms with E-state index in [1.807, 2.05) is 13.0 Å². The highest BCUT2D eigenvalue weighted by Crippen LogP contribution is 2.33. The summed E-state index contributed by atoms with van der Waals surface area (Å²) in [6, 6.07) is -2.48. The average Bonchev–Trinajstić information content (AvgIpc) is 3.44. The first-order chi connectivity index (χ1) is 26.5. The van der Waals surface area contributed by atoms with E-state index in [4.69, 9.17) is 51.7 Å². The molecule has 0 bridgehead atoms. The van der Waals surface area contributed by atoms with Crippen molar-refractivity contribution in [3.05, 3.63) is 34.9 Å². The van der Waals surface area contributed by atoms with Gasteiger partial charge in [0.1, 0.15) is 48.8 Å². The first-order valence-corrected chi connectivity index (χ1v) is 19.5. The summed E-state index contributed by atoms with van der Waals surface area (Å²) in [4.78, 5) is 15.0. The lowest BCUT2D eigenvalue weighted by Gasteiger charge is -2.45. The van der Waals surface area contributed by atoms with Gasteiger partial charge in [-0.05, 0) is 72.8 Å². The van der Waals surface area contributed by atoms with Crippen LogP contribution in [0.2, 0.25) is 0 Å². The third kappa shape index (κ3) is 14.2. The lowest BCUT2D eigenvalue weighted by molar-refractivity contribution is -0.377. The molecule has 17 atom stereocenters. The standard InChI is InChI=1S/C38H69N5O13/c1-19(2)8-6-9-20(3)10-7-11-21(4)12-13-43-17-27-32(48)25(45)15-29(51-27)53-35-24(42)14-23(41)31(47)37(35)54-38-34(50)36(28(18-44)52-38)56-55-26(16-39)33(49)30(46)22(5)40/h8,10,12-13,22-38,44-50H,6-7,9,11,14-18,39-42H2,1-5H3/b20-10+,21-12+,43-13-. The molecule has 0 radical (unpaired) electrons. The summed E-state index contributed by atoms with van der Waals surface area (Å²) < 4.78 is 24.0. The van der Waals surface area contributed by atoms with Gasteiger partial charge in [-0.3, -0.25) is 4.99 Å². The number of aliphatic hydroxyl groups is 7. The molecule has 1 saturated carbocycles. The van der Waals surface area contributed by atoms with Crippen molar-refractivity contribution in [1.29, 1.82) is 0 Å². The van der Waals surface area contributed by atoms with Gasteiger partial charge in [-0.15, -0.1) is 0 Å². The van der Waals surface area contributed by atoms with E-state index >= 15 is 0 Å². The van der Waals surface area contributed by atoms with E-state index in [2.05, 4.69) is 37.9 Å². The highest BCUT2D eigenvalue weighted by molar-refractivity contribution is 5.72. The Kier molecular flexibility index (Phi) is 20.6. The molecule has 0 amide bonds. The second-order valence-corrected chi connectivity index (χ2v) is 15.6. The van der Waals surface area contributed by atoms with Gasteiger partial charge in [-0.1, -0.05) is 28.9 Å². The van der Waals surface area contributed by atoms with Crippen LogP contribution in [0, 0.1) is 0 Å². The van der Waals surface area contributed by atoms with Gasteiger partial charge >= 0.3 is 0 Å². The van der Waals surface area contributed by atoms with E-state index < -0.39 is 111 Å². The largest absolute Gasteiger partial charge is 0.394 e. The van der Waals surface area contributed by atoms with Crippen molar-refractivity contribution < 1.29 is 64.5 Å². The number of rotatable bonds is 21. The summed E-state index contributed by atoms with van der Waals surface area (Å²) in [6.07, 6.45) is -6.33. The molecule has 2 saturated heterocycles. The maximum Gasteiger partial charge on any atom is 0.187 e. The van der Waals surface area contributed by atoms with Crippen LogP contribution in [0.15, 0.2) is 39.9 Å². The Hall–Kier alpha value is -1.79. The van der Waals surface area contributed by atoms with Crippen LogP contribution < -0.4 is 22.9 Å². The zero-order chi connectivity index (χ0) is 41.7. The summed E-state index contributed by atoms with van der Waals surface area (Å²) >= 11 is 0. The van der Waals surface area contributed by atoms with Gasteiger partial charge in [-0.25, -0.2) is 9.78 Å². The molecule has 18 nitrogen and oxygen atoms in total. The third-order valence-corrected chi connectivity index (χ3v) is 10.3. The van der Waals surface area contributed by atoms with E-state index in [-0.39, 0.29) is 25.9 Å². The number of nitrogens with two attached hydrogens (primary N) is 4. The second kappa shape index (κ2) is 23.7. The zero-order valence-corrected chi connectivity index (χ0v) is 33.3. The summed E-state index contributed by atoms with van der Waals surface area (Å²) in [5, 5.41) is 74.3. The van der Waals surface area contributed by atoms with Crippen LogP contribution >= 0.6 is 0 Å². The van der Waals surface area contributed by atoms with Gasteiger partial charge in [0.05, 0.1) is 31.5 Å². The first kappa shape index (κ1) is 48.6. The SMILES string of the molecule is CC(C)=CCC/C(C)=C/CC/C(C)=C/C=N\CC1OC(OC2C(N)CC(N)C(O)C2OC2OC(CO)C(OOC(CN)C(O)C(O)C(C)N)C2O)CC(O)C1O. The molecule has 2 heterocycles. The van der Waals surface area contributed by atoms with Gasteiger partial charge < -0.3 is 77.6 Å². The number of aliphatic hydroxyl groups excluding tert-OH is 7. The molecular formula is C38H69N5O13. The van der Waals surface area contributed by atoms with Crippen molar-refractivity contribution in [3.8, 4) is 0 Å². The Morgan fingerprint density at radius 1 is 0.821 bits per heavy atom. The molecule has 324 valence electrons. The molecule has 0 aromatic carbocycles. The summed E-state index contributed by atoms with van der Waals surface area (Å²) in [6.45, 7) is 8.91. The van der Waals surface area contributed by atoms with Crippen molar-refractivity contribution in [2.24, 2.45) is 27.9 Å². The monoisotopic (exact) mass is 803 g/mol. The molecule has 56 heavy (non-hydrogen) atoms. The summed E-state index contributed by atoms with van der Waals surface area (Å²) in [5.41, 5.74) is 27.8. The Morgan fingerprint density at radius 2 is 1.50 bits per heavy atom. The number of ether oxygens (including phenoxy) is 4. The molecule has 3 aliphatic rings. The molecule has 3 rings (SSSR count). The van der Waals surface area contributed by atoms with E-state index in [1.54, 1.807) is 6.21 Å². The van der Waals surface area contributed by atoms with E-state index in [1.165, 1.54) is 18.1 Å². The highest BCUT2D eigenvalue weighted by Gasteiger charge is 2.52. The van der Waals surface area contributed by atoms with E-state index in [0.717, 1.165) is 31.3 Å². The topological polar surface area (TPSA) is 313 Å². The number of aliphatic imine (C=N–C) groups is 1. The second-order valence-electron chi connectivity index (χ2n) is 15.6. The normalized spacial score (nSPS) is 36.8. The van der Waals surface area contributed by atoms with E-state index in [0.29, 0.717) is 0 Å². The molecule has 15 N–H and O–H groups in total. The zero-order valence-electron chi connectivity index (χ0n) is 33.3. The minimum Gasteiger partial charge on any atom is -0.394 e. The smallest absolute Gasteiger partial charge is 0.187 e. The van der Waals surface area contributed by atoms with Crippen LogP contribution in [-0.4, -0.2) is 166 Å². The molecule has 0 aromatic rings. The predicted octanol–water partition coefficient (Wildman–Crippen LogP) is -1.71. The van der Waals surface area contributed by atoms with Crippen molar-refractivity contribution >= 4 is 6.21 Å². The fraction of sp³-hybridized carbons (Fsp3) is 0.816. The molecular weight excluding hydrogens is 734 g/mol. The minimum absolute atomic E-state index is 0.0236. The molecule has 0 aromatic heterocycles. The fourth-order valence-electron chi connectivity index (χ4n) is 6.74. The predicted molar refractivity (Wildman–Crippen MR) is 207 cm³/mol. The van der Waals surface area contributed by atoms with Crippen molar-refractivity contribution in [2.75, 3.05) is 19.7 Å². The summed E-state index contributed by atoms with van der Waals surface area (Å²) in [5.74, 6) is 0. The van der Waals surface area contributed by atoms with Crippen LogP contribution in [0.25, 0.3) is 0 Å². The van der Waals surface area contributed by atoms with Crippen LogP contribution in [-0.2, 0) is 28.7 Å². The molecule has 0 spiro atoms. The minimum atomic E-state index is -1.62.